The highest BCUT2D eigenvalue weighted by Gasteiger charge is 2.40. The van der Waals surface area contributed by atoms with Gasteiger partial charge in [-0.2, -0.15) is 0 Å². The smallest absolute Gasteiger partial charge is 0.234 e. The molecule has 12 heteroatoms. The fraction of sp³-hybridized carbons (Fsp3) is 0.625. The van der Waals surface area contributed by atoms with Gasteiger partial charge in [0.15, 0.2) is 11.9 Å². The maximum Gasteiger partial charge on any atom is 0.234 e. The first-order valence-corrected chi connectivity index (χ1v) is 11.8. The van der Waals surface area contributed by atoms with Crippen LogP contribution in [-0.4, -0.2) is 91.4 Å². The van der Waals surface area contributed by atoms with Crippen LogP contribution in [0.2, 0.25) is 0 Å². The van der Waals surface area contributed by atoms with E-state index in [2.05, 4.69) is 0 Å². The van der Waals surface area contributed by atoms with Crippen LogP contribution in [0.4, 0.5) is 0 Å². The Bertz CT molecular complexity index is 913. The predicted molar refractivity (Wildman–Crippen MR) is 121 cm³/mol. The zero-order chi connectivity index (χ0) is 26.2. The van der Waals surface area contributed by atoms with Crippen LogP contribution in [0.3, 0.4) is 0 Å². The van der Waals surface area contributed by atoms with Gasteiger partial charge in [-0.15, -0.1) is 0 Å². The second-order valence-corrected chi connectivity index (χ2v) is 8.75. The molecule has 0 amide bonds. The molecule has 0 aliphatic carbocycles. The van der Waals surface area contributed by atoms with Crippen LogP contribution < -0.4 is 0 Å². The molecule has 2 aliphatic heterocycles. The zero-order valence-electron chi connectivity index (χ0n) is 19.7. The molecule has 0 bridgehead atoms. The number of hydrogen-bond donors (Lipinski definition) is 7. The fourth-order valence-corrected chi connectivity index (χ4v) is 4.16. The zero-order valence-corrected chi connectivity index (χ0v) is 19.7. The molecule has 2 aromatic heterocycles. The Morgan fingerprint density at radius 3 is 1.67 bits per heavy atom. The maximum atomic E-state index is 11.8. The second kappa shape index (κ2) is 13.4. The molecular formula is C24H34O12. The molecule has 2 aliphatic rings. The van der Waals surface area contributed by atoms with Crippen LogP contribution in [0.5, 0.6) is 0 Å². The topological polar surface area (TPSA) is 203 Å². The highest BCUT2D eigenvalue weighted by atomic mass is 16.5. The molecule has 4 rings (SSSR count). The molecule has 0 aromatic carbocycles. The molecule has 2 aromatic rings. The molecule has 4 heterocycles. The van der Waals surface area contributed by atoms with Crippen molar-refractivity contribution in [1.82, 2.24) is 0 Å². The minimum absolute atomic E-state index is 0.0333. The number of aliphatic hydroxyl groups excluding tert-OH is 7. The summed E-state index contributed by atoms with van der Waals surface area (Å²) in [5, 5.41) is 65.4. The third-order valence-electron chi connectivity index (χ3n) is 6.22. The third-order valence-corrected chi connectivity index (χ3v) is 6.22. The van der Waals surface area contributed by atoms with Crippen molar-refractivity contribution >= 4 is 5.78 Å². The third kappa shape index (κ3) is 7.00. The first-order valence-electron chi connectivity index (χ1n) is 11.8. The second-order valence-electron chi connectivity index (χ2n) is 8.75. The lowest BCUT2D eigenvalue weighted by atomic mass is 9.99. The van der Waals surface area contributed by atoms with Gasteiger partial charge < -0.3 is 54.1 Å². The van der Waals surface area contributed by atoms with Gasteiger partial charge in [-0.25, -0.2) is 0 Å². The number of ketones is 1. The summed E-state index contributed by atoms with van der Waals surface area (Å²) in [6.07, 6.45) is -2.28. The Hall–Kier alpha value is -2.13. The summed E-state index contributed by atoms with van der Waals surface area (Å²) in [5.41, 5.74) is 0. The molecule has 0 saturated carbocycles. The van der Waals surface area contributed by atoms with Gasteiger partial charge in [-0.1, -0.05) is 0 Å². The predicted octanol–water partition coefficient (Wildman–Crippen LogP) is -0.439. The van der Waals surface area contributed by atoms with Gasteiger partial charge in [0.2, 0.25) is 5.78 Å². The molecule has 0 radical (unpaired) electrons. The highest BCUT2D eigenvalue weighted by molar-refractivity contribution is 5.97. The molecule has 202 valence electrons. The lowest BCUT2D eigenvalue weighted by Gasteiger charge is -2.27. The minimum atomic E-state index is -1.50. The summed E-state index contributed by atoms with van der Waals surface area (Å²) in [7, 11) is 0. The Labute approximate surface area is 207 Å². The van der Waals surface area contributed by atoms with Crippen molar-refractivity contribution < 1.29 is 58.8 Å². The SMILES string of the molecule is O=C(c1ccc(CO)o1)C(O)c1ccc(CO)o1.OCC1CCC(C(O)C(O)C2CCC(CO)O2)O1. The van der Waals surface area contributed by atoms with Gasteiger partial charge in [-0.3, -0.25) is 4.79 Å². The summed E-state index contributed by atoms with van der Waals surface area (Å²) < 4.78 is 21.0. The van der Waals surface area contributed by atoms with Crippen LogP contribution in [-0.2, 0) is 22.7 Å². The van der Waals surface area contributed by atoms with E-state index in [1.165, 1.54) is 24.3 Å². The van der Waals surface area contributed by atoms with Crippen molar-refractivity contribution in [2.45, 2.75) is 81.6 Å². The van der Waals surface area contributed by atoms with Crippen LogP contribution >= 0.6 is 0 Å². The Morgan fingerprint density at radius 2 is 1.25 bits per heavy atom. The Morgan fingerprint density at radius 1 is 0.750 bits per heavy atom. The van der Waals surface area contributed by atoms with E-state index in [1.54, 1.807) is 0 Å². The van der Waals surface area contributed by atoms with Crippen LogP contribution in [0.25, 0.3) is 0 Å². The molecule has 0 spiro atoms. The van der Waals surface area contributed by atoms with Crippen molar-refractivity contribution in [2.75, 3.05) is 13.2 Å². The molecule has 36 heavy (non-hydrogen) atoms. The van der Waals surface area contributed by atoms with Crippen molar-refractivity contribution in [3.05, 3.63) is 47.3 Å². The van der Waals surface area contributed by atoms with Gasteiger partial charge in [0.25, 0.3) is 0 Å². The van der Waals surface area contributed by atoms with Crippen LogP contribution in [0.15, 0.2) is 33.1 Å². The quantitative estimate of drug-likeness (QED) is 0.202. The van der Waals surface area contributed by atoms with E-state index >= 15 is 0 Å². The van der Waals surface area contributed by atoms with E-state index in [4.69, 9.17) is 38.7 Å². The monoisotopic (exact) mass is 514 g/mol. The summed E-state index contributed by atoms with van der Waals surface area (Å²) in [6, 6.07) is 5.69. The summed E-state index contributed by atoms with van der Waals surface area (Å²) in [6.45, 7) is -0.757. The first-order chi connectivity index (χ1) is 17.3. The highest BCUT2D eigenvalue weighted by Crippen LogP contribution is 2.29. The normalized spacial score (nSPS) is 26.3. The van der Waals surface area contributed by atoms with Gasteiger partial charge in [-0.05, 0) is 49.9 Å². The van der Waals surface area contributed by atoms with Gasteiger partial charge in [0.1, 0.15) is 42.7 Å². The number of furan rings is 2. The molecule has 7 unspecified atom stereocenters. The molecular weight excluding hydrogens is 480 g/mol. The number of ether oxygens (including phenoxy) is 2. The van der Waals surface area contributed by atoms with E-state index in [0.717, 1.165) is 0 Å². The molecule has 7 N–H and O–H groups in total. The molecule has 12 nitrogen and oxygen atoms in total. The molecule has 7 atom stereocenters. The summed E-state index contributed by atoms with van der Waals surface area (Å²) >= 11 is 0. The lowest BCUT2D eigenvalue weighted by molar-refractivity contribution is -0.136. The average molecular weight is 515 g/mol. The van der Waals surface area contributed by atoms with E-state index in [0.29, 0.717) is 25.7 Å². The Balaban J connectivity index is 0.000000201. The number of Topliss-reactive ketones (excluding diaryl/α,β-unsaturated/α-hetero) is 1. The first kappa shape index (κ1) is 28.4. The standard InChI is InChI=1S/C12H22O6.C12H12O6/c2*13-5-7-1-3-9(17-7)11(15)12(16)10-4-2-8(6-14)18-10/h7-16H,1-6H2;1-4,11,13-15H,5-6H2. The van der Waals surface area contributed by atoms with E-state index < -0.39 is 36.3 Å². The molecule has 2 saturated heterocycles. The van der Waals surface area contributed by atoms with E-state index in [9.17, 15) is 20.1 Å². The van der Waals surface area contributed by atoms with E-state index in [-0.39, 0.29) is 61.7 Å². The fourth-order valence-electron chi connectivity index (χ4n) is 4.16. The van der Waals surface area contributed by atoms with Gasteiger partial charge >= 0.3 is 0 Å². The number of hydrogen-bond acceptors (Lipinski definition) is 12. The van der Waals surface area contributed by atoms with Crippen molar-refractivity contribution in [2.24, 2.45) is 0 Å². The number of carbonyl (C=O) groups is 1. The average Bonchev–Trinajstić information content (AvgIpc) is 3.72. The van der Waals surface area contributed by atoms with Crippen LogP contribution in [0.1, 0.15) is 59.6 Å². The number of aliphatic hydroxyl groups is 7. The molecule has 2 fully saturated rings. The number of rotatable bonds is 10. The van der Waals surface area contributed by atoms with Crippen molar-refractivity contribution in [1.29, 1.82) is 0 Å². The number of carbonyl (C=O) groups excluding carboxylic acids is 1. The van der Waals surface area contributed by atoms with Crippen LogP contribution in [0, 0.1) is 0 Å². The van der Waals surface area contributed by atoms with Gasteiger partial charge in [0.05, 0.1) is 37.6 Å². The van der Waals surface area contributed by atoms with Crippen molar-refractivity contribution in [3.8, 4) is 0 Å². The Kier molecular flexibility index (Phi) is 10.6. The summed E-state index contributed by atoms with van der Waals surface area (Å²) in [4.78, 5) is 11.8. The largest absolute Gasteiger partial charge is 0.460 e. The minimum Gasteiger partial charge on any atom is -0.460 e. The maximum absolute atomic E-state index is 11.8. The van der Waals surface area contributed by atoms with E-state index in [1.807, 2.05) is 0 Å². The van der Waals surface area contributed by atoms with Gasteiger partial charge in [0, 0.05) is 0 Å². The lowest BCUT2D eigenvalue weighted by Crippen LogP contribution is -2.44. The summed E-state index contributed by atoms with van der Waals surface area (Å²) in [5.74, 6) is -0.207. The van der Waals surface area contributed by atoms with Crippen molar-refractivity contribution in [3.63, 3.8) is 0 Å².